The SMILES string of the molecule is O=C1c2ccccc2C(=O)N1[C@@H]1[C@H](O)[C@@H](Sc2ccccc2)O[C@H](CO)[C@H]1O. The fourth-order valence-electron chi connectivity index (χ4n) is 3.58. The lowest BCUT2D eigenvalue weighted by Crippen LogP contribution is -2.64. The van der Waals surface area contributed by atoms with E-state index < -0.39 is 48.2 Å². The maximum Gasteiger partial charge on any atom is 0.261 e. The first-order valence-corrected chi connectivity index (χ1v) is 9.72. The van der Waals surface area contributed by atoms with E-state index >= 15 is 0 Å². The van der Waals surface area contributed by atoms with E-state index in [1.165, 1.54) is 23.9 Å². The molecule has 2 aromatic carbocycles. The summed E-state index contributed by atoms with van der Waals surface area (Å²) >= 11 is 1.20. The molecule has 5 atom stereocenters. The van der Waals surface area contributed by atoms with Crippen molar-refractivity contribution in [3.63, 3.8) is 0 Å². The highest BCUT2D eigenvalue weighted by Gasteiger charge is 2.53. The number of fused-ring (bicyclic) bond motifs is 1. The number of amides is 2. The molecule has 0 saturated carbocycles. The number of imide groups is 1. The molecule has 0 aliphatic carbocycles. The summed E-state index contributed by atoms with van der Waals surface area (Å²) < 4.78 is 5.67. The number of aliphatic hydroxyl groups is 3. The fraction of sp³-hybridized carbons (Fsp3) is 0.300. The van der Waals surface area contributed by atoms with Crippen molar-refractivity contribution in [2.24, 2.45) is 0 Å². The number of hydrogen-bond acceptors (Lipinski definition) is 7. The molecule has 146 valence electrons. The van der Waals surface area contributed by atoms with E-state index in [0.717, 1.165) is 9.80 Å². The van der Waals surface area contributed by atoms with Crippen molar-refractivity contribution in [2.75, 3.05) is 6.61 Å². The van der Waals surface area contributed by atoms with Gasteiger partial charge in [-0.2, -0.15) is 0 Å². The van der Waals surface area contributed by atoms with Gasteiger partial charge in [-0.25, -0.2) is 0 Å². The van der Waals surface area contributed by atoms with Gasteiger partial charge >= 0.3 is 0 Å². The molecule has 2 amide bonds. The van der Waals surface area contributed by atoms with Crippen molar-refractivity contribution in [1.82, 2.24) is 4.90 Å². The lowest BCUT2D eigenvalue weighted by molar-refractivity contribution is -0.178. The smallest absolute Gasteiger partial charge is 0.261 e. The van der Waals surface area contributed by atoms with Gasteiger partial charge < -0.3 is 20.1 Å². The first-order chi connectivity index (χ1) is 13.5. The predicted molar refractivity (Wildman–Crippen MR) is 101 cm³/mol. The number of carbonyl (C=O) groups excluding carboxylic acids is 2. The molecule has 0 unspecified atom stereocenters. The van der Waals surface area contributed by atoms with Crippen LogP contribution >= 0.6 is 11.8 Å². The second-order valence-corrected chi connectivity index (χ2v) is 7.83. The Morgan fingerprint density at radius 2 is 1.46 bits per heavy atom. The lowest BCUT2D eigenvalue weighted by atomic mass is 9.95. The third-order valence-corrected chi connectivity index (χ3v) is 6.13. The van der Waals surface area contributed by atoms with Gasteiger partial charge in [-0.05, 0) is 24.3 Å². The van der Waals surface area contributed by atoms with Crippen LogP contribution in [0.3, 0.4) is 0 Å². The number of ether oxygens (including phenoxy) is 1. The molecular formula is C20H19NO6S. The second kappa shape index (κ2) is 7.65. The Hall–Kier alpha value is -2.23. The number of rotatable bonds is 4. The number of carbonyl (C=O) groups is 2. The first kappa shape index (κ1) is 19.1. The van der Waals surface area contributed by atoms with Crippen LogP contribution in [0.15, 0.2) is 59.5 Å². The Bertz CT molecular complexity index is 856. The zero-order valence-electron chi connectivity index (χ0n) is 14.7. The van der Waals surface area contributed by atoms with E-state index in [1.54, 1.807) is 12.1 Å². The third kappa shape index (κ3) is 3.13. The van der Waals surface area contributed by atoms with Gasteiger partial charge in [-0.1, -0.05) is 42.1 Å². The summed E-state index contributed by atoms with van der Waals surface area (Å²) in [5, 5.41) is 31.2. The van der Waals surface area contributed by atoms with Crippen LogP contribution in [0.5, 0.6) is 0 Å². The van der Waals surface area contributed by atoms with Gasteiger partial charge in [0, 0.05) is 4.90 Å². The van der Waals surface area contributed by atoms with Gasteiger partial charge in [0.1, 0.15) is 23.7 Å². The summed E-state index contributed by atoms with van der Waals surface area (Å²) in [5.74, 6) is -1.16. The molecule has 1 saturated heterocycles. The Morgan fingerprint density at radius 3 is 2.04 bits per heavy atom. The average molecular weight is 401 g/mol. The van der Waals surface area contributed by atoms with E-state index in [0.29, 0.717) is 0 Å². The van der Waals surface area contributed by atoms with Crippen molar-refractivity contribution < 1.29 is 29.6 Å². The molecule has 8 heteroatoms. The largest absolute Gasteiger partial charge is 0.394 e. The molecule has 2 aliphatic rings. The van der Waals surface area contributed by atoms with Gasteiger partial charge in [0.05, 0.1) is 23.8 Å². The summed E-state index contributed by atoms with van der Waals surface area (Å²) in [7, 11) is 0. The number of benzene rings is 2. The summed E-state index contributed by atoms with van der Waals surface area (Å²) in [6, 6.07) is 14.3. The first-order valence-electron chi connectivity index (χ1n) is 8.84. The zero-order valence-corrected chi connectivity index (χ0v) is 15.5. The van der Waals surface area contributed by atoms with Gasteiger partial charge in [0.2, 0.25) is 0 Å². The molecule has 0 spiro atoms. The Morgan fingerprint density at radius 1 is 0.893 bits per heavy atom. The molecule has 28 heavy (non-hydrogen) atoms. The Kier molecular flexibility index (Phi) is 5.22. The molecule has 1 fully saturated rings. The molecule has 2 aromatic rings. The van der Waals surface area contributed by atoms with E-state index in [2.05, 4.69) is 0 Å². The third-order valence-electron chi connectivity index (χ3n) is 4.97. The normalized spacial score (nSPS) is 29.8. The molecule has 2 heterocycles. The molecular weight excluding hydrogens is 382 g/mol. The van der Waals surface area contributed by atoms with E-state index in [1.807, 2.05) is 30.3 Å². The average Bonchev–Trinajstić information content (AvgIpc) is 2.96. The van der Waals surface area contributed by atoms with Crippen molar-refractivity contribution in [2.45, 2.75) is 34.7 Å². The quantitative estimate of drug-likeness (QED) is 0.653. The van der Waals surface area contributed by atoms with Crippen LogP contribution in [0, 0.1) is 0 Å². The minimum absolute atomic E-state index is 0.228. The fourth-order valence-corrected chi connectivity index (χ4v) is 4.66. The van der Waals surface area contributed by atoms with E-state index in [9.17, 15) is 24.9 Å². The highest BCUT2D eigenvalue weighted by Crippen LogP contribution is 2.37. The van der Waals surface area contributed by atoms with Crippen LogP contribution in [0.4, 0.5) is 0 Å². The molecule has 0 bridgehead atoms. The van der Waals surface area contributed by atoms with Crippen LogP contribution in [0.1, 0.15) is 20.7 Å². The standard InChI is InChI=1S/C20H19NO6S/c22-10-14-16(23)15(17(24)20(27-14)28-11-6-2-1-3-7-11)21-18(25)12-8-4-5-9-13(12)19(21)26/h1-9,14-17,20,22-24H,10H2/t14-,15+,16-,17+,20-/m1/s1. The van der Waals surface area contributed by atoms with Crippen molar-refractivity contribution in [1.29, 1.82) is 0 Å². The van der Waals surface area contributed by atoms with Crippen LogP contribution in [-0.4, -0.2) is 68.4 Å². The molecule has 3 N–H and O–H groups in total. The summed E-state index contributed by atoms with van der Waals surface area (Å²) in [6.45, 7) is -0.514. The number of hydrogen-bond donors (Lipinski definition) is 3. The van der Waals surface area contributed by atoms with Crippen molar-refractivity contribution >= 4 is 23.6 Å². The Labute approximate surface area is 165 Å². The predicted octanol–water partition coefficient (Wildman–Crippen LogP) is 0.883. The highest BCUT2D eigenvalue weighted by molar-refractivity contribution is 7.99. The van der Waals surface area contributed by atoms with Crippen LogP contribution < -0.4 is 0 Å². The summed E-state index contributed by atoms with van der Waals surface area (Å²) in [4.78, 5) is 27.4. The van der Waals surface area contributed by atoms with Gasteiger partial charge in [-0.15, -0.1) is 0 Å². The molecule has 4 rings (SSSR count). The molecule has 0 aromatic heterocycles. The molecule has 7 nitrogen and oxygen atoms in total. The van der Waals surface area contributed by atoms with Gasteiger partial charge in [0.15, 0.2) is 0 Å². The number of aliphatic hydroxyl groups excluding tert-OH is 3. The number of thioether (sulfide) groups is 1. The van der Waals surface area contributed by atoms with Crippen LogP contribution in [-0.2, 0) is 4.74 Å². The monoisotopic (exact) mass is 401 g/mol. The highest BCUT2D eigenvalue weighted by atomic mass is 32.2. The minimum Gasteiger partial charge on any atom is -0.394 e. The second-order valence-electron chi connectivity index (χ2n) is 6.65. The van der Waals surface area contributed by atoms with Gasteiger partial charge in [-0.3, -0.25) is 14.5 Å². The molecule has 0 radical (unpaired) electrons. The maximum absolute atomic E-state index is 12.8. The van der Waals surface area contributed by atoms with Crippen LogP contribution in [0.2, 0.25) is 0 Å². The summed E-state index contributed by atoms with van der Waals surface area (Å²) in [5.41, 5.74) is -0.422. The van der Waals surface area contributed by atoms with E-state index in [-0.39, 0.29) is 11.1 Å². The lowest BCUT2D eigenvalue weighted by Gasteiger charge is -2.44. The zero-order chi connectivity index (χ0) is 19.8. The molecule has 2 aliphatic heterocycles. The van der Waals surface area contributed by atoms with Crippen molar-refractivity contribution in [3.8, 4) is 0 Å². The van der Waals surface area contributed by atoms with Crippen molar-refractivity contribution in [3.05, 3.63) is 65.7 Å². The van der Waals surface area contributed by atoms with E-state index in [4.69, 9.17) is 4.74 Å². The van der Waals surface area contributed by atoms with Crippen LogP contribution in [0.25, 0.3) is 0 Å². The van der Waals surface area contributed by atoms with Gasteiger partial charge in [0.25, 0.3) is 11.8 Å². The topological polar surface area (TPSA) is 107 Å². The minimum atomic E-state index is -1.42. The maximum atomic E-state index is 12.8. The Balaban J connectivity index is 1.66. The number of nitrogens with zero attached hydrogens (tertiary/aromatic N) is 1. The summed E-state index contributed by atoms with van der Waals surface area (Å²) in [6.07, 6.45) is -3.81.